The van der Waals surface area contributed by atoms with Gasteiger partial charge in [-0.3, -0.25) is 14.8 Å². The van der Waals surface area contributed by atoms with Gasteiger partial charge in [0.05, 0.1) is 23.3 Å². The quantitative estimate of drug-likeness (QED) is 0.405. The maximum absolute atomic E-state index is 13.2. The Bertz CT molecular complexity index is 1440. The fraction of sp³-hybridized carbons (Fsp3) is 0.136. The van der Waals surface area contributed by atoms with Crippen LogP contribution in [0.2, 0.25) is 0 Å². The molecule has 10 nitrogen and oxygen atoms in total. The van der Waals surface area contributed by atoms with Crippen LogP contribution in [0.4, 0.5) is 10.5 Å². The van der Waals surface area contributed by atoms with Gasteiger partial charge in [0, 0.05) is 5.56 Å². The summed E-state index contributed by atoms with van der Waals surface area (Å²) in [4.78, 5) is 35.6. The van der Waals surface area contributed by atoms with E-state index in [1.54, 1.807) is 24.3 Å². The highest BCUT2D eigenvalue weighted by Gasteiger charge is 2.45. The van der Waals surface area contributed by atoms with Gasteiger partial charge in [-0.1, -0.05) is 24.3 Å². The minimum absolute atomic E-state index is 0.114. The van der Waals surface area contributed by atoms with Crippen LogP contribution in [0.3, 0.4) is 0 Å². The highest BCUT2D eigenvalue weighted by molar-refractivity contribution is 7.92. The van der Waals surface area contributed by atoms with E-state index in [2.05, 4.69) is 15.4 Å². The lowest BCUT2D eigenvalue weighted by Crippen LogP contribution is -2.41. The number of rotatable bonds is 6. The summed E-state index contributed by atoms with van der Waals surface area (Å²) in [5.41, 5.74) is -1.78. The Morgan fingerprint density at radius 2 is 1.73 bits per heavy atom. The number of ether oxygens (including phenoxy) is 1. The molecule has 33 heavy (non-hydrogen) atoms. The third kappa shape index (κ3) is 3.82. The molecular weight excluding hydrogens is 450 g/mol. The summed E-state index contributed by atoms with van der Waals surface area (Å²) in [5, 5.41) is 15.5. The molecule has 0 radical (unpaired) electrons. The smallest absolute Gasteiger partial charge is 0.337 e. The molecular formula is C22H19N3O7S. The lowest BCUT2D eigenvalue weighted by atomic mass is 9.91. The number of carbonyl (C=O) groups excluding carboxylic acids is 2. The maximum Gasteiger partial charge on any atom is 0.337 e. The Hall–Kier alpha value is -4.12. The van der Waals surface area contributed by atoms with E-state index in [1.165, 1.54) is 44.4 Å². The number of sulfonamides is 1. The van der Waals surface area contributed by atoms with E-state index < -0.39 is 33.5 Å². The Morgan fingerprint density at radius 1 is 1.06 bits per heavy atom. The summed E-state index contributed by atoms with van der Waals surface area (Å²) in [6.45, 7) is 1.42. The summed E-state index contributed by atoms with van der Waals surface area (Å²) in [7, 11) is -2.94. The van der Waals surface area contributed by atoms with Gasteiger partial charge in [0.25, 0.3) is 15.9 Å². The molecule has 170 valence electrons. The standard InChI is InChI=1S/C22H19N3O7S/c1-22(20(28)23-21(29)24-22)16-11-14(7-8-18(16)32-2)33(30,31)25-17-10-13-6-4-3-5-12(13)9-15(17)19(26)27/h3-11,25H,1-2H3,(H,26,27)(H2,23,24,28,29)/t22-/m0/s1. The number of imide groups is 1. The molecule has 0 aromatic heterocycles. The predicted molar refractivity (Wildman–Crippen MR) is 119 cm³/mol. The Morgan fingerprint density at radius 3 is 2.30 bits per heavy atom. The molecule has 1 aliphatic heterocycles. The molecule has 11 heteroatoms. The van der Waals surface area contributed by atoms with Gasteiger partial charge in [-0.2, -0.15) is 0 Å². The average Bonchev–Trinajstić information content (AvgIpc) is 3.04. The molecule has 0 saturated carbocycles. The minimum Gasteiger partial charge on any atom is -0.496 e. The largest absolute Gasteiger partial charge is 0.496 e. The minimum atomic E-state index is -4.29. The predicted octanol–water partition coefficient (Wildman–Crippen LogP) is 2.40. The third-order valence-electron chi connectivity index (χ3n) is 5.43. The molecule has 1 aliphatic rings. The van der Waals surface area contributed by atoms with Crippen molar-refractivity contribution in [1.82, 2.24) is 10.6 Å². The van der Waals surface area contributed by atoms with Gasteiger partial charge in [0.1, 0.15) is 11.3 Å². The number of fused-ring (bicyclic) bond motifs is 1. The van der Waals surface area contributed by atoms with Crippen LogP contribution in [0.25, 0.3) is 10.8 Å². The maximum atomic E-state index is 13.2. The molecule has 1 heterocycles. The third-order valence-corrected chi connectivity index (χ3v) is 6.79. The number of benzene rings is 3. The topological polar surface area (TPSA) is 151 Å². The van der Waals surface area contributed by atoms with Gasteiger partial charge < -0.3 is 15.2 Å². The van der Waals surface area contributed by atoms with Crippen LogP contribution in [-0.2, 0) is 20.4 Å². The zero-order chi connectivity index (χ0) is 24.0. The van der Waals surface area contributed by atoms with Crippen LogP contribution in [0.1, 0.15) is 22.8 Å². The number of aromatic carboxylic acids is 1. The van der Waals surface area contributed by atoms with Crippen LogP contribution in [-0.4, -0.2) is 38.5 Å². The normalized spacial score (nSPS) is 18.0. The summed E-state index contributed by atoms with van der Waals surface area (Å²) < 4.78 is 34.0. The second-order valence-corrected chi connectivity index (χ2v) is 9.23. The Kier molecular flexibility index (Phi) is 5.21. The molecule has 3 aromatic rings. The van der Waals surface area contributed by atoms with E-state index in [9.17, 15) is 27.9 Å². The first-order chi connectivity index (χ1) is 15.5. The van der Waals surface area contributed by atoms with E-state index in [0.717, 1.165) is 0 Å². The first-order valence-corrected chi connectivity index (χ1v) is 11.1. The average molecular weight is 469 g/mol. The number of methoxy groups -OCH3 is 1. The zero-order valence-electron chi connectivity index (χ0n) is 17.5. The van der Waals surface area contributed by atoms with Crippen molar-refractivity contribution in [2.45, 2.75) is 17.4 Å². The fourth-order valence-electron chi connectivity index (χ4n) is 3.68. The number of nitrogens with one attached hydrogen (secondary N) is 3. The van der Waals surface area contributed by atoms with Gasteiger partial charge in [-0.05, 0) is 48.0 Å². The highest BCUT2D eigenvalue weighted by atomic mass is 32.2. The van der Waals surface area contributed by atoms with Gasteiger partial charge in [0.2, 0.25) is 0 Å². The number of carbonyl (C=O) groups is 3. The Labute approximate surface area is 188 Å². The van der Waals surface area contributed by atoms with E-state index in [1.807, 2.05) is 0 Å². The molecule has 1 atom stereocenters. The number of carboxylic acids is 1. The molecule has 0 aliphatic carbocycles. The lowest BCUT2D eigenvalue weighted by molar-refractivity contribution is -0.123. The van der Waals surface area contributed by atoms with Crippen molar-refractivity contribution < 1.29 is 32.6 Å². The zero-order valence-corrected chi connectivity index (χ0v) is 18.3. The van der Waals surface area contributed by atoms with Gasteiger partial charge >= 0.3 is 12.0 Å². The molecule has 1 fully saturated rings. The second kappa shape index (κ2) is 7.78. The van der Waals surface area contributed by atoms with Gasteiger partial charge in [-0.25, -0.2) is 18.0 Å². The van der Waals surface area contributed by atoms with Crippen molar-refractivity contribution in [1.29, 1.82) is 0 Å². The molecule has 4 N–H and O–H groups in total. The molecule has 0 spiro atoms. The number of hydrogen-bond acceptors (Lipinski definition) is 6. The summed E-state index contributed by atoms with van der Waals surface area (Å²) in [5.74, 6) is -1.78. The van der Waals surface area contributed by atoms with E-state index in [-0.39, 0.29) is 27.5 Å². The molecule has 3 aromatic carbocycles. The van der Waals surface area contributed by atoms with Crippen molar-refractivity contribution in [3.05, 3.63) is 65.7 Å². The van der Waals surface area contributed by atoms with Crippen molar-refractivity contribution in [2.24, 2.45) is 0 Å². The van der Waals surface area contributed by atoms with Crippen LogP contribution in [0.15, 0.2) is 59.5 Å². The van der Waals surface area contributed by atoms with Gasteiger partial charge in [-0.15, -0.1) is 0 Å². The summed E-state index contributed by atoms with van der Waals surface area (Å²) in [6, 6.07) is 12.8. The SMILES string of the molecule is COc1ccc(S(=O)(=O)Nc2cc3ccccc3cc2C(=O)O)cc1[C@]1(C)NC(=O)NC1=O. The Balaban J connectivity index is 1.80. The van der Waals surface area contributed by atoms with E-state index >= 15 is 0 Å². The van der Waals surface area contributed by atoms with Crippen LogP contribution < -0.4 is 20.1 Å². The first-order valence-electron chi connectivity index (χ1n) is 9.66. The number of hydrogen-bond donors (Lipinski definition) is 4. The van der Waals surface area contributed by atoms with E-state index in [4.69, 9.17) is 4.74 Å². The van der Waals surface area contributed by atoms with Crippen LogP contribution >= 0.6 is 0 Å². The fourth-order valence-corrected chi connectivity index (χ4v) is 4.78. The summed E-state index contributed by atoms with van der Waals surface area (Å²) in [6.07, 6.45) is 0. The molecule has 0 unspecified atom stereocenters. The summed E-state index contributed by atoms with van der Waals surface area (Å²) >= 11 is 0. The number of anilines is 1. The monoisotopic (exact) mass is 469 g/mol. The molecule has 4 rings (SSSR count). The van der Waals surface area contributed by atoms with Crippen molar-refractivity contribution in [2.75, 3.05) is 11.8 Å². The number of carboxylic acid groups (broad SMARTS) is 1. The van der Waals surface area contributed by atoms with Gasteiger partial charge in [0.15, 0.2) is 0 Å². The van der Waals surface area contributed by atoms with Crippen LogP contribution in [0, 0.1) is 0 Å². The molecule has 1 saturated heterocycles. The van der Waals surface area contributed by atoms with Crippen molar-refractivity contribution >= 4 is 44.4 Å². The number of urea groups is 1. The van der Waals surface area contributed by atoms with Crippen LogP contribution in [0.5, 0.6) is 5.75 Å². The first kappa shape index (κ1) is 22.1. The lowest BCUT2D eigenvalue weighted by Gasteiger charge is -2.24. The molecule has 3 amide bonds. The second-order valence-electron chi connectivity index (χ2n) is 7.55. The van der Waals surface area contributed by atoms with E-state index in [0.29, 0.717) is 10.8 Å². The highest BCUT2D eigenvalue weighted by Crippen LogP contribution is 2.35. The van der Waals surface area contributed by atoms with Crippen molar-refractivity contribution in [3.8, 4) is 5.75 Å². The molecule has 0 bridgehead atoms. The number of amides is 3. The van der Waals surface area contributed by atoms with Crippen molar-refractivity contribution in [3.63, 3.8) is 0 Å².